The number of hydrogen-bond acceptors (Lipinski definition) is 4. The second kappa shape index (κ2) is 7.67. The molecule has 0 unspecified atom stereocenters. The maximum Gasteiger partial charge on any atom is 0.258 e. The number of pyridine rings is 1. The van der Waals surface area contributed by atoms with Crippen LogP contribution in [0.25, 0.3) is 27.8 Å². The van der Waals surface area contributed by atoms with Crippen molar-refractivity contribution >= 4 is 28.4 Å². The summed E-state index contributed by atoms with van der Waals surface area (Å²) in [5, 5.41) is 9.73. The molecule has 1 aliphatic rings. The summed E-state index contributed by atoms with van der Waals surface area (Å²) in [6.07, 6.45) is 3.79. The van der Waals surface area contributed by atoms with Gasteiger partial charge in [0.2, 0.25) is 0 Å². The van der Waals surface area contributed by atoms with Crippen molar-refractivity contribution in [1.82, 2.24) is 24.9 Å². The van der Waals surface area contributed by atoms with Crippen molar-refractivity contribution in [2.75, 3.05) is 6.54 Å². The fourth-order valence-corrected chi connectivity index (χ4v) is 4.22. The molecule has 2 aromatic carbocycles. The van der Waals surface area contributed by atoms with Gasteiger partial charge in [-0.15, -0.1) is 5.10 Å². The number of halogens is 1. The molecule has 0 radical (unpaired) electrons. The number of carbonyl (C=O) groups excluding carboxylic acids is 1. The lowest BCUT2D eigenvalue weighted by atomic mass is 10.1. The van der Waals surface area contributed by atoms with Gasteiger partial charge in [0.25, 0.3) is 11.5 Å². The van der Waals surface area contributed by atoms with Gasteiger partial charge in [-0.3, -0.25) is 9.59 Å². The van der Waals surface area contributed by atoms with Gasteiger partial charge < -0.3 is 9.88 Å². The van der Waals surface area contributed by atoms with E-state index >= 15 is 0 Å². The van der Waals surface area contributed by atoms with Crippen LogP contribution < -0.4 is 5.56 Å². The summed E-state index contributed by atoms with van der Waals surface area (Å²) >= 11 is 6.07. The lowest BCUT2D eigenvalue weighted by Gasteiger charge is -2.21. The minimum Gasteiger partial charge on any atom is -0.336 e. The highest BCUT2D eigenvalue weighted by molar-refractivity contribution is 6.31. The highest BCUT2D eigenvalue weighted by Gasteiger charge is 2.25. The Kier molecular flexibility index (Phi) is 4.82. The second-order valence-corrected chi connectivity index (χ2v) is 8.27. The molecule has 4 aromatic rings. The van der Waals surface area contributed by atoms with Crippen molar-refractivity contribution in [2.45, 2.75) is 25.8 Å². The van der Waals surface area contributed by atoms with Crippen LogP contribution in [0.4, 0.5) is 0 Å². The zero-order valence-electron chi connectivity index (χ0n) is 16.9. The number of aromatic nitrogens is 4. The van der Waals surface area contributed by atoms with Crippen molar-refractivity contribution in [3.8, 4) is 16.9 Å². The van der Waals surface area contributed by atoms with Gasteiger partial charge in [-0.2, -0.15) is 0 Å². The van der Waals surface area contributed by atoms with E-state index < -0.39 is 0 Å². The molecule has 31 heavy (non-hydrogen) atoms. The number of fused-ring (bicyclic) bond motifs is 1. The average Bonchev–Trinajstić information content (AvgIpc) is 3.42. The van der Waals surface area contributed by atoms with Crippen molar-refractivity contribution in [3.05, 3.63) is 75.7 Å². The van der Waals surface area contributed by atoms with E-state index in [0.717, 1.165) is 30.5 Å². The minimum absolute atomic E-state index is 0.0530. The van der Waals surface area contributed by atoms with E-state index in [4.69, 9.17) is 11.6 Å². The van der Waals surface area contributed by atoms with Crippen LogP contribution in [0, 0.1) is 0 Å². The molecule has 1 amide bonds. The van der Waals surface area contributed by atoms with Crippen LogP contribution in [-0.4, -0.2) is 43.4 Å². The molecule has 1 fully saturated rings. The Morgan fingerprint density at radius 1 is 1.16 bits per heavy atom. The molecule has 156 valence electrons. The number of carbonyl (C=O) groups is 1. The first-order valence-corrected chi connectivity index (χ1v) is 10.5. The van der Waals surface area contributed by atoms with E-state index in [1.165, 1.54) is 0 Å². The maximum atomic E-state index is 12.7. The van der Waals surface area contributed by atoms with Crippen molar-refractivity contribution in [1.29, 1.82) is 0 Å². The van der Waals surface area contributed by atoms with Crippen LogP contribution in [0.1, 0.15) is 30.1 Å². The molecular formula is C23H20ClN5O2. The molecular weight excluding hydrogens is 414 g/mol. The van der Waals surface area contributed by atoms with Crippen LogP contribution in [0.15, 0.2) is 59.5 Å². The minimum atomic E-state index is -0.248. The van der Waals surface area contributed by atoms with Gasteiger partial charge in [-0.05, 0) is 68.3 Å². The van der Waals surface area contributed by atoms with Gasteiger partial charge in [-0.25, -0.2) is 4.68 Å². The van der Waals surface area contributed by atoms with Gasteiger partial charge in [0.15, 0.2) is 0 Å². The number of benzene rings is 2. The predicted octanol–water partition coefficient (Wildman–Crippen LogP) is 4.05. The summed E-state index contributed by atoms with van der Waals surface area (Å²) in [4.78, 5) is 30.0. The molecule has 5 rings (SSSR count). The Labute approximate surface area is 183 Å². The molecule has 1 atom stereocenters. The first kappa shape index (κ1) is 19.5. The topological polar surface area (TPSA) is 83.9 Å². The molecule has 0 bridgehead atoms. The smallest absolute Gasteiger partial charge is 0.258 e. The first-order valence-electron chi connectivity index (χ1n) is 10.2. The lowest BCUT2D eigenvalue weighted by Crippen LogP contribution is -2.33. The Morgan fingerprint density at radius 3 is 2.71 bits per heavy atom. The molecule has 1 saturated heterocycles. The van der Waals surface area contributed by atoms with E-state index in [2.05, 4.69) is 22.2 Å². The van der Waals surface area contributed by atoms with E-state index in [0.29, 0.717) is 27.4 Å². The lowest BCUT2D eigenvalue weighted by molar-refractivity contribution is 0.0747. The Hall–Kier alpha value is -3.45. The van der Waals surface area contributed by atoms with E-state index in [9.17, 15) is 9.59 Å². The summed E-state index contributed by atoms with van der Waals surface area (Å²) in [7, 11) is 0. The van der Waals surface area contributed by atoms with Gasteiger partial charge in [-0.1, -0.05) is 16.8 Å². The standard InChI is InChI=1S/C23H20ClN5O2/c1-14-3-2-10-28(14)23(31)15-4-7-18(8-5-15)29-13-21(26-27-29)19-12-16-11-17(24)6-9-20(16)25-22(19)30/h4-9,11-14H,2-3,10H2,1H3,(H,25,30)/t14-/m1/s1. The van der Waals surface area contributed by atoms with Crippen LogP contribution in [-0.2, 0) is 0 Å². The van der Waals surface area contributed by atoms with Gasteiger partial charge >= 0.3 is 0 Å². The molecule has 1 N–H and O–H groups in total. The molecule has 3 heterocycles. The fraction of sp³-hybridized carbons (Fsp3) is 0.217. The number of amides is 1. The van der Waals surface area contributed by atoms with Crippen LogP contribution in [0.2, 0.25) is 5.02 Å². The number of rotatable bonds is 3. The first-order chi connectivity index (χ1) is 15.0. The molecule has 0 aliphatic carbocycles. The molecule has 1 aliphatic heterocycles. The van der Waals surface area contributed by atoms with Gasteiger partial charge in [0.05, 0.1) is 17.4 Å². The Balaban J connectivity index is 1.43. The van der Waals surface area contributed by atoms with Crippen molar-refractivity contribution < 1.29 is 4.79 Å². The summed E-state index contributed by atoms with van der Waals surface area (Å²) in [5.74, 6) is 0.0530. The van der Waals surface area contributed by atoms with E-state index in [-0.39, 0.29) is 17.5 Å². The fourth-order valence-electron chi connectivity index (χ4n) is 4.04. The zero-order valence-corrected chi connectivity index (χ0v) is 17.6. The summed E-state index contributed by atoms with van der Waals surface area (Å²) in [5.41, 5.74) is 2.73. The Morgan fingerprint density at radius 2 is 1.97 bits per heavy atom. The normalized spacial score (nSPS) is 16.2. The predicted molar refractivity (Wildman–Crippen MR) is 120 cm³/mol. The van der Waals surface area contributed by atoms with Crippen LogP contribution >= 0.6 is 11.6 Å². The number of nitrogens with one attached hydrogen (secondary N) is 1. The monoisotopic (exact) mass is 433 g/mol. The third kappa shape index (κ3) is 3.61. The van der Waals surface area contributed by atoms with Crippen LogP contribution in [0.3, 0.4) is 0 Å². The molecule has 0 saturated carbocycles. The summed E-state index contributed by atoms with van der Waals surface area (Å²) < 4.78 is 1.59. The third-order valence-electron chi connectivity index (χ3n) is 5.77. The number of likely N-dealkylation sites (tertiary alicyclic amines) is 1. The van der Waals surface area contributed by atoms with Crippen LogP contribution in [0.5, 0.6) is 0 Å². The maximum absolute atomic E-state index is 12.7. The highest BCUT2D eigenvalue weighted by atomic mass is 35.5. The molecule has 8 heteroatoms. The SMILES string of the molecule is C[C@@H]1CCCN1C(=O)c1ccc(-n2cc(-c3cc4cc(Cl)ccc4[nH]c3=O)nn2)cc1. The summed E-state index contributed by atoms with van der Waals surface area (Å²) in [6, 6.07) is 14.6. The Bertz CT molecular complexity index is 1340. The largest absolute Gasteiger partial charge is 0.336 e. The molecule has 0 spiro atoms. The van der Waals surface area contributed by atoms with Crippen molar-refractivity contribution in [3.63, 3.8) is 0 Å². The summed E-state index contributed by atoms with van der Waals surface area (Å²) in [6.45, 7) is 2.89. The zero-order chi connectivity index (χ0) is 21.5. The van der Waals surface area contributed by atoms with Gasteiger partial charge in [0.1, 0.15) is 5.69 Å². The van der Waals surface area contributed by atoms with Gasteiger partial charge in [0, 0.05) is 34.1 Å². The number of nitrogens with zero attached hydrogens (tertiary/aromatic N) is 4. The number of hydrogen-bond donors (Lipinski definition) is 1. The number of aromatic amines is 1. The van der Waals surface area contributed by atoms with E-state index in [1.807, 2.05) is 17.0 Å². The highest BCUT2D eigenvalue weighted by Crippen LogP contribution is 2.23. The van der Waals surface area contributed by atoms with Crippen molar-refractivity contribution in [2.24, 2.45) is 0 Å². The van der Waals surface area contributed by atoms with E-state index in [1.54, 1.807) is 47.3 Å². The quantitative estimate of drug-likeness (QED) is 0.528. The average molecular weight is 434 g/mol. The second-order valence-electron chi connectivity index (χ2n) is 7.83. The molecule has 2 aromatic heterocycles. The third-order valence-corrected chi connectivity index (χ3v) is 6.00. The molecule has 7 nitrogen and oxygen atoms in total. The number of H-pyrrole nitrogens is 1.